The molecule has 0 amide bonds. The molecule has 0 bridgehead atoms. The lowest BCUT2D eigenvalue weighted by molar-refractivity contribution is 0.0946. The van der Waals surface area contributed by atoms with E-state index in [1.165, 1.54) is 24.8 Å². The summed E-state index contributed by atoms with van der Waals surface area (Å²) in [6.07, 6.45) is 5.24. The van der Waals surface area contributed by atoms with Gasteiger partial charge in [0, 0.05) is 12.6 Å². The Bertz CT molecular complexity index is 280. The molecule has 0 spiro atoms. The Morgan fingerprint density at radius 1 is 1.62 bits per heavy atom. The Kier molecular flexibility index (Phi) is 4.82. The molecule has 1 aliphatic heterocycles. The van der Waals surface area contributed by atoms with Gasteiger partial charge in [-0.15, -0.1) is 0 Å². The molecule has 2 unspecified atom stereocenters. The van der Waals surface area contributed by atoms with E-state index < -0.39 is 0 Å². The van der Waals surface area contributed by atoms with E-state index in [9.17, 15) is 0 Å². The SMILES string of the molecule is CCCNC(CC1CCCO1)c1ccsc1. The fourth-order valence-corrected chi connectivity index (χ4v) is 2.94. The highest BCUT2D eigenvalue weighted by atomic mass is 32.1. The normalized spacial score (nSPS) is 22.4. The molecule has 1 aromatic rings. The van der Waals surface area contributed by atoms with Crippen LogP contribution in [0.1, 0.15) is 44.2 Å². The molecule has 0 saturated carbocycles. The Morgan fingerprint density at radius 3 is 3.19 bits per heavy atom. The first-order valence-electron chi connectivity index (χ1n) is 6.27. The number of rotatable bonds is 6. The van der Waals surface area contributed by atoms with Crippen LogP contribution in [-0.2, 0) is 4.74 Å². The predicted octanol–water partition coefficient (Wildman–Crippen LogP) is 3.36. The van der Waals surface area contributed by atoms with E-state index >= 15 is 0 Å². The zero-order chi connectivity index (χ0) is 11.2. The lowest BCUT2D eigenvalue weighted by atomic mass is 10.0. The Labute approximate surface area is 102 Å². The highest BCUT2D eigenvalue weighted by Crippen LogP contribution is 2.26. The van der Waals surface area contributed by atoms with Gasteiger partial charge in [0.1, 0.15) is 0 Å². The van der Waals surface area contributed by atoms with Crippen molar-refractivity contribution in [1.29, 1.82) is 0 Å². The number of hydrogen-bond acceptors (Lipinski definition) is 3. The van der Waals surface area contributed by atoms with Gasteiger partial charge in [-0.25, -0.2) is 0 Å². The topological polar surface area (TPSA) is 21.3 Å². The minimum Gasteiger partial charge on any atom is -0.378 e. The van der Waals surface area contributed by atoms with Crippen LogP contribution >= 0.6 is 11.3 Å². The Balaban J connectivity index is 1.91. The number of thiophene rings is 1. The van der Waals surface area contributed by atoms with Crippen LogP contribution < -0.4 is 5.32 Å². The number of nitrogens with one attached hydrogen (secondary N) is 1. The Morgan fingerprint density at radius 2 is 2.56 bits per heavy atom. The summed E-state index contributed by atoms with van der Waals surface area (Å²) in [5, 5.41) is 8.04. The summed E-state index contributed by atoms with van der Waals surface area (Å²) >= 11 is 1.78. The van der Waals surface area contributed by atoms with Crippen LogP contribution in [-0.4, -0.2) is 19.3 Å². The van der Waals surface area contributed by atoms with Gasteiger partial charge in [-0.2, -0.15) is 11.3 Å². The Hall–Kier alpha value is -0.380. The van der Waals surface area contributed by atoms with Crippen molar-refractivity contribution in [3.8, 4) is 0 Å². The van der Waals surface area contributed by atoms with Crippen molar-refractivity contribution in [3.05, 3.63) is 22.4 Å². The van der Waals surface area contributed by atoms with Gasteiger partial charge in [0.15, 0.2) is 0 Å². The van der Waals surface area contributed by atoms with Crippen LogP contribution in [0.2, 0.25) is 0 Å². The number of hydrogen-bond donors (Lipinski definition) is 1. The zero-order valence-corrected chi connectivity index (χ0v) is 10.8. The van der Waals surface area contributed by atoms with Crippen LogP contribution in [0.4, 0.5) is 0 Å². The standard InChI is InChI=1S/C13H21NOS/c1-2-6-14-13(11-5-8-16-10-11)9-12-4-3-7-15-12/h5,8,10,12-14H,2-4,6-7,9H2,1H3. The molecule has 0 aliphatic carbocycles. The average Bonchev–Trinajstić information content (AvgIpc) is 2.96. The van der Waals surface area contributed by atoms with Gasteiger partial charge < -0.3 is 10.1 Å². The third kappa shape index (κ3) is 3.30. The van der Waals surface area contributed by atoms with Crippen LogP contribution in [0.25, 0.3) is 0 Å². The summed E-state index contributed by atoms with van der Waals surface area (Å²) < 4.78 is 5.72. The molecular weight excluding hydrogens is 218 g/mol. The molecule has 90 valence electrons. The molecule has 16 heavy (non-hydrogen) atoms. The van der Waals surface area contributed by atoms with E-state index in [1.807, 2.05) is 0 Å². The lowest BCUT2D eigenvalue weighted by Gasteiger charge is -2.20. The van der Waals surface area contributed by atoms with Crippen LogP contribution in [0.15, 0.2) is 16.8 Å². The van der Waals surface area contributed by atoms with E-state index in [0.717, 1.165) is 19.6 Å². The van der Waals surface area contributed by atoms with Gasteiger partial charge in [0.05, 0.1) is 6.10 Å². The molecule has 2 rings (SSSR count). The second kappa shape index (κ2) is 6.38. The molecular formula is C13H21NOS. The monoisotopic (exact) mass is 239 g/mol. The van der Waals surface area contributed by atoms with Gasteiger partial charge in [0.2, 0.25) is 0 Å². The molecule has 1 aliphatic rings. The largest absolute Gasteiger partial charge is 0.378 e. The molecule has 0 aromatic carbocycles. The maximum Gasteiger partial charge on any atom is 0.0594 e. The highest BCUT2D eigenvalue weighted by molar-refractivity contribution is 7.07. The van der Waals surface area contributed by atoms with Crippen LogP contribution in [0, 0.1) is 0 Å². The van der Waals surface area contributed by atoms with E-state index in [1.54, 1.807) is 11.3 Å². The maximum absolute atomic E-state index is 5.72. The van der Waals surface area contributed by atoms with Crippen molar-refractivity contribution in [3.63, 3.8) is 0 Å². The molecule has 2 heterocycles. The molecule has 1 N–H and O–H groups in total. The van der Waals surface area contributed by atoms with E-state index in [2.05, 4.69) is 29.1 Å². The van der Waals surface area contributed by atoms with E-state index in [0.29, 0.717) is 12.1 Å². The van der Waals surface area contributed by atoms with Crippen LogP contribution in [0.3, 0.4) is 0 Å². The first-order valence-corrected chi connectivity index (χ1v) is 7.21. The number of ether oxygens (including phenoxy) is 1. The summed E-state index contributed by atoms with van der Waals surface area (Å²) in [5.74, 6) is 0. The minimum atomic E-state index is 0.467. The van der Waals surface area contributed by atoms with Crippen LogP contribution in [0.5, 0.6) is 0 Å². The smallest absolute Gasteiger partial charge is 0.0594 e. The first-order chi connectivity index (χ1) is 7.90. The lowest BCUT2D eigenvalue weighted by Crippen LogP contribution is -2.25. The van der Waals surface area contributed by atoms with Crippen molar-refractivity contribution >= 4 is 11.3 Å². The van der Waals surface area contributed by atoms with Gasteiger partial charge in [-0.05, 0) is 54.6 Å². The van der Waals surface area contributed by atoms with Gasteiger partial charge in [0.25, 0.3) is 0 Å². The average molecular weight is 239 g/mol. The molecule has 2 atom stereocenters. The third-order valence-corrected chi connectivity index (χ3v) is 3.81. The quantitative estimate of drug-likeness (QED) is 0.822. The summed E-state index contributed by atoms with van der Waals surface area (Å²) in [7, 11) is 0. The minimum absolute atomic E-state index is 0.467. The summed E-state index contributed by atoms with van der Waals surface area (Å²) in [4.78, 5) is 0. The molecule has 1 saturated heterocycles. The van der Waals surface area contributed by atoms with Crippen molar-refractivity contribution in [2.75, 3.05) is 13.2 Å². The second-order valence-corrected chi connectivity index (χ2v) is 5.21. The van der Waals surface area contributed by atoms with Crippen molar-refractivity contribution in [1.82, 2.24) is 5.32 Å². The molecule has 2 nitrogen and oxygen atoms in total. The van der Waals surface area contributed by atoms with Gasteiger partial charge in [-0.3, -0.25) is 0 Å². The zero-order valence-electron chi connectivity index (χ0n) is 9.95. The predicted molar refractivity (Wildman–Crippen MR) is 68.9 cm³/mol. The van der Waals surface area contributed by atoms with E-state index in [-0.39, 0.29) is 0 Å². The molecule has 0 radical (unpaired) electrons. The van der Waals surface area contributed by atoms with E-state index in [4.69, 9.17) is 4.74 Å². The summed E-state index contributed by atoms with van der Waals surface area (Å²) in [6.45, 7) is 4.26. The molecule has 3 heteroatoms. The van der Waals surface area contributed by atoms with Gasteiger partial charge in [-0.1, -0.05) is 6.92 Å². The molecule has 1 fully saturated rings. The second-order valence-electron chi connectivity index (χ2n) is 4.43. The third-order valence-electron chi connectivity index (χ3n) is 3.11. The fraction of sp³-hybridized carbons (Fsp3) is 0.692. The van der Waals surface area contributed by atoms with Crippen molar-refractivity contribution < 1.29 is 4.74 Å². The summed E-state index contributed by atoms with van der Waals surface area (Å²) in [5.41, 5.74) is 1.42. The molecule has 1 aromatic heterocycles. The van der Waals surface area contributed by atoms with Gasteiger partial charge >= 0.3 is 0 Å². The summed E-state index contributed by atoms with van der Waals surface area (Å²) in [6, 6.07) is 2.71. The van der Waals surface area contributed by atoms with Crippen molar-refractivity contribution in [2.24, 2.45) is 0 Å². The maximum atomic E-state index is 5.72. The fourth-order valence-electron chi connectivity index (χ4n) is 2.22. The van der Waals surface area contributed by atoms with Crippen molar-refractivity contribution in [2.45, 2.75) is 44.8 Å². The first kappa shape index (κ1) is 12.1. The highest BCUT2D eigenvalue weighted by Gasteiger charge is 2.21.